The van der Waals surface area contributed by atoms with Gasteiger partial charge >= 0.3 is 0 Å². The fraction of sp³-hybridized carbons (Fsp3) is 0.216. The Morgan fingerprint density at radius 3 is 0.902 bits per heavy atom. The van der Waals surface area contributed by atoms with Crippen molar-refractivity contribution in [2.24, 2.45) is 0 Å². The molecule has 0 unspecified atom stereocenters. The first kappa shape index (κ1) is 51.1. The van der Waals surface area contributed by atoms with Gasteiger partial charge in [-0.1, -0.05) is 186 Å². The summed E-state index contributed by atoms with van der Waals surface area (Å²) in [5.41, 5.74) is 25.3. The van der Waals surface area contributed by atoms with Gasteiger partial charge in [-0.05, 0) is 157 Å². The van der Waals surface area contributed by atoms with E-state index in [4.69, 9.17) is 0 Å². The molecule has 0 atom stereocenters. The van der Waals surface area contributed by atoms with Gasteiger partial charge in [-0.2, -0.15) is 0 Å². The Balaban J connectivity index is 1.05. The minimum atomic E-state index is -0.0476. The smallest absolute Gasteiger partial charge is 0.264 e. The number of rotatable bonds is 4. The number of hydrogen-bond donors (Lipinski definition) is 0. The SMILES string of the molecule is CC(C)(C)c1ccc(N2c3cc4c(cc3B3c5sc6ccccc6c5N(c5ccc(C(C)(C)C)cc5)c5cccc2c53)B2c3sc5ccccc5c3N(c3ccc(C(C)(C)C)cc3)c3cccc(c32)N4c2ccc(C(C)(C)C)cc2)cc1. The zero-order valence-electron chi connectivity index (χ0n) is 49.2. The predicted molar refractivity (Wildman–Crippen MR) is 360 cm³/mol. The summed E-state index contributed by atoms with van der Waals surface area (Å²) in [5.74, 6) is 0. The maximum Gasteiger partial charge on any atom is 0.264 e. The summed E-state index contributed by atoms with van der Waals surface area (Å²) < 4.78 is 5.37. The molecule has 0 bridgehead atoms. The molecule has 0 aliphatic carbocycles. The normalized spacial score (nSPS) is 14.4. The molecule has 6 heterocycles. The summed E-state index contributed by atoms with van der Waals surface area (Å²) in [6.45, 7) is 27.6. The second-order valence-electron chi connectivity index (χ2n) is 27.4. The Labute approximate surface area is 493 Å². The van der Waals surface area contributed by atoms with Crippen LogP contribution >= 0.6 is 22.7 Å². The molecule has 15 rings (SSSR count). The van der Waals surface area contributed by atoms with Gasteiger partial charge in [-0.25, -0.2) is 0 Å². The average Bonchev–Trinajstić information content (AvgIpc) is 1.63. The maximum absolute atomic E-state index is 2.69. The van der Waals surface area contributed by atoms with Crippen LogP contribution in [0.25, 0.3) is 20.2 Å². The molecule has 82 heavy (non-hydrogen) atoms. The first-order valence-corrected chi connectivity index (χ1v) is 30.9. The Morgan fingerprint density at radius 2 is 0.585 bits per heavy atom. The van der Waals surface area contributed by atoms with Crippen LogP contribution in [0.3, 0.4) is 0 Å². The molecule has 2 aromatic heterocycles. The zero-order chi connectivity index (χ0) is 56.5. The van der Waals surface area contributed by atoms with Crippen molar-refractivity contribution >= 4 is 156 Å². The van der Waals surface area contributed by atoms with E-state index in [1.807, 2.05) is 22.7 Å². The highest BCUT2D eigenvalue weighted by atomic mass is 32.1. The van der Waals surface area contributed by atoms with Gasteiger partial charge in [0.05, 0.1) is 11.4 Å². The van der Waals surface area contributed by atoms with Crippen LogP contribution in [-0.4, -0.2) is 13.4 Å². The monoisotopic (exact) mass is 1100 g/mol. The summed E-state index contributed by atoms with van der Waals surface area (Å²) in [7, 11) is 0. The van der Waals surface area contributed by atoms with Crippen LogP contribution in [0.15, 0.2) is 194 Å². The first-order chi connectivity index (χ1) is 39.2. The summed E-state index contributed by atoms with van der Waals surface area (Å²) in [5, 5.41) is 2.58. The number of fused-ring (bicyclic) bond motifs is 12. The lowest BCUT2D eigenvalue weighted by Gasteiger charge is -2.46. The van der Waals surface area contributed by atoms with E-state index in [2.05, 4.69) is 297 Å². The molecule has 0 amide bonds. The standard InChI is InChI=1S/C74H68B2N4S2/c1-71(2,3)45-27-35-49(36-28-45)77-57-21-17-23-59-65(57)75(69-67(53-19-13-15-25-63(53)81-69)79(59)51-39-31-47(32-40-51)73(7,8)9)55-43-56-62(44-61(55)77)78(50-37-29-46(30-38-50)72(4,5)6)58-22-18-24-60-66(58)76(56)70-68(54-20-14-16-26-64(54)82-70)80(60)52-41-33-48(34-42-52)74(10,11)12/h13-44H,1-12H3. The van der Waals surface area contributed by atoms with Crippen molar-refractivity contribution in [1.29, 1.82) is 0 Å². The lowest BCUT2D eigenvalue weighted by molar-refractivity contribution is 0.590. The van der Waals surface area contributed by atoms with Crippen LogP contribution in [0.1, 0.15) is 105 Å². The Hall–Kier alpha value is -7.77. The highest BCUT2D eigenvalue weighted by molar-refractivity contribution is 7.35. The topological polar surface area (TPSA) is 13.0 Å². The third-order valence-corrected chi connectivity index (χ3v) is 20.5. The van der Waals surface area contributed by atoms with Crippen LogP contribution in [-0.2, 0) is 21.7 Å². The molecule has 4 aliphatic heterocycles. The molecule has 0 radical (unpaired) electrons. The van der Waals surface area contributed by atoms with Crippen molar-refractivity contribution in [2.45, 2.75) is 105 Å². The lowest BCUT2D eigenvalue weighted by Crippen LogP contribution is -2.64. The van der Waals surface area contributed by atoms with Crippen molar-refractivity contribution < 1.29 is 0 Å². The van der Waals surface area contributed by atoms with Crippen molar-refractivity contribution in [3.63, 3.8) is 0 Å². The first-order valence-electron chi connectivity index (χ1n) is 29.3. The van der Waals surface area contributed by atoms with Crippen molar-refractivity contribution in [1.82, 2.24) is 0 Å². The van der Waals surface area contributed by atoms with Crippen LogP contribution in [0.5, 0.6) is 0 Å². The molecular weight excluding hydrogens is 1030 g/mol. The summed E-state index contributed by atoms with van der Waals surface area (Å²) in [6.07, 6.45) is 0. The van der Waals surface area contributed by atoms with Gasteiger partial charge in [0.25, 0.3) is 13.4 Å². The molecule has 402 valence electrons. The van der Waals surface area contributed by atoms with Gasteiger partial charge in [-0.15, -0.1) is 22.7 Å². The molecule has 11 aromatic rings. The molecule has 4 nitrogen and oxygen atoms in total. The van der Waals surface area contributed by atoms with Gasteiger partial charge < -0.3 is 19.6 Å². The van der Waals surface area contributed by atoms with Gasteiger partial charge in [0, 0.05) is 86.6 Å². The molecule has 8 heteroatoms. The van der Waals surface area contributed by atoms with E-state index in [9.17, 15) is 0 Å². The van der Waals surface area contributed by atoms with Gasteiger partial charge in [0.1, 0.15) is 0 Å². The summed E-state index contributed by atoms with van der Waals surface area (Å²) in [4.78, 5) is 10.4. The van der Waals surface area contributed by atoms with E-state index in [1.54, 1.807) is 0 Å². The fourth-order valence-corrected chi connectivity index (χ4v) is 16.4. The molecule has 0 spiro atoms. The van der Waals surface area contributed by atoms with E-state index in [-0.39, 0.29) is 35.1 Å². The zero-order valence-corrected chi connectivity index (χ0v) is 50.9. The van der Waals surface area contributed by atoms with E-state index < -0.39 is 0 Å². The minimum absolute atomic E-state index is 0.00121. The number of benzene rings is 9. The van der Waals surface area contributed by atoms with Gasteiger partial charge in [0.2, 0.25) is 0 Å². The third kappa shape index (κ3) is 7.70. The maximum atomic E-state index is 2.69. The second-order valence-corrected chi connectivity index (χ2v) is 29.6. The third-order valence-electron chi connectivity index (χ3n) is 18.1. The van der Waals surface area contributed by atoms with E-state index in [0.717, 1.165) is 11.4 Å². The van der Waals surface area contributed by atoms with Crippen molar-refractivity contribution in [3.05, 3.63) is 216 Å². The summed E-state index contributed by atoms with van der Waals surface area (Å²) in [6, 6.07) is 75.4. The Kier molecular flexibility index (Phi) is 11.1. The number of thiophene rings is 2. The minimum Gasteiger partial charge on any atom is -0.311 e. The largest absolute Gasteiger partial charge is 0.311 e. The van der Waals surface area contributed by atoms with Gasteiger partial charge in [0.15, 0.2) is 0 Å². The van der Waals surface area contributed by atoms with E-state index in [1.165, 1.54) is 131 Å². The van der Waals surface area contributed by atoms with Crippen LogP contribution < -0.4 is 51.0 Å². The molecule has 4 aliphatic rings. The number of anilines is 12. The fourth-order valence-electron chi connectivity index (χ4n) is 13.8. The number of hydrogen-bond acceptors (Lipinski definition) is 6. The molecule has 0 saturated carbocycles. The van der Waals surface area contributed by atoms with Crippen molar-refractivity contribution in [3.8, 4) is 0 Å². The predicted octanol–water partition coefficient (Wildman–Crippen LogP) is 17.5. The van der Waals surface area contributed by atoms with E-state index >= 15 is 0 Å². The van der Waals surface area contributed by atoms with E-state index in [0.29, 0.717) is 0 Å². The quantitative estimate of drug-likeness (QED) is 0.163. The molecule has 0 saturated heterocycles. The van der Waals surface area contributed by atoms with Gasteiger partial charge in [-0.3, -0.25) is 0 Å². The molecular formula is C74H68B2N4S2. The van der Waals surface area contributed by atoms with Crippen LogP contribution in [0.2, 0.25) is 0 Å². The van der Waals surface area contributed by atoms with Crippen LogP contribution in [0.4, 0.5) is 68.2 Å². The lowest BCUT2D eigenvalue weighted by atomic mass is 9.32. The average molecular weight is 1100 g/mol. The Morgan fingerprint density at radius 1 is 0.293 bits per heavy atom. The second kappa shape index (κ2) is 17.9. The van der Waals surface area contributed by atoms with Crippen LogP contribution in [0, 0.1) is 0 Å². The highest BCUT2D eigenvalue weighted by Gasteiger charge is 2.50. The molecule has 0 N–H and O–H groups in total. The molecule has 0 fully saturated rings. The Bertz CT molecular complexity index is 4110. The number of nitrogens with zero attached hydrogens (tertiary/aromatic N) is 4. The highest BCUT2D eigenvalue weighted by Crippen LogP contribution is 2.52. The summed E-state index contributed by atoms with van der Waals surface area (Å²) >= 11 is 3.95. The van der Waals surface area contributed by atoms with Crippen molar-refractivity contribution in [2.75, 3.05) is 19.6 Å². The molecule has 9 aromatic carbocycles.